The molecule has 12 heteroatoms. The SMILES string of the molecule is O=C(NCC1Cn2nncc2CO1)c1ccccn1.O=C(O)C(F)(F)F. The summed E-state index contributed by atoms with van der Waals surface area (Å²) in [6, 6.07) is 5.22. The highest BCUT2D eigenvalue weighted by Gasteiger charge is 2.38. The van der Waals surface area contributed by atoms with Gasteiger partial charge in [0.2, 0.25) is 0 Å². The molecule has 0 bridgehead atoms. The lowest BCUT2D eigenvalue weighted by molar-refractivity contribution is -0.192. The number of ether oxygens (including phenoxy) is 1. The van der Waals surface area contributed by atoms with Gasteiger partial charge in [0.05, 0.1) is 31.1 Å². The number of fused-ring (bicyclic) bond motifs is 1. The molecule has 0 radical (unpaired) electrons. The number of hydrogen-bond donors (Lipinski definition) is 2. The predicted molar refractivity (Wildman–Crippen MR) is 78.9 cm³/mol. The molecule has 1 atom stereocenters. The van der Waals surface area contributed by atoms with E-state index in [1.165, 1.54) is 0 Å². The van der Waals surface area contributed by atoms with E-state index in [0.29, 0.717) is 25.4 Å². The molecule has 140 valence electrons. The van der Waals surface area contributed by atoms with Crippen molar-refractivity contribution in [2.45, 2.75) is 25.4 Å². The normalized spacial score (nSPS) is 16.0. The fourth-order valence-electron chi connectivity index (χ4n) is 1.91. The number of aliphatic carboxylic acids is 1. The maximum Gasteiger partial charge on any atom is 0.490 e. The van der Waals surface area contributed by atoms with Crippen LogP contribution in [0.15, 0.2) is 30.6 Å². The lowest BCUT2D eigenvalue weighted by Gasteiger charge is -2.23. The average molecular weight is 373 g/mol. The van der Waals surface area contributed by atoms with Gasteiger partial charge < -0.3 is 15.2 Å². The average Bonchev–Trinajstić information content (AvgIpc) is 3.08. The van der Waals surface area contributed by atoms with Crippen LogP contribution >= 0.6 is 0 Å². The van der Waals surface area contributed by atoms with Crippen molar-refractivity contribution in [3.63, 3.8) is 0 Å². The smallest absolute Gasteiger partial charge is 0.475 e. The predicted octanol–water partition coefficient (Wildman–Crippen LogP) is 0.635. The quantitative estimate of drug-likeness (QED) is 0.810. The van der Waals surface area contributed by atoms with E-state index >= 15 is 0 Å². The highest BCUT2D eigenvalue weighted by atomic mass is 19.4. The monoisotopic (exact) mass is 373 g/mol. The van der Waals surface area contributed by atoms with Crippen LogP contribution in [0, 0.1) is 0 Å². The van der Waals surface area contributed by atoms with Crippen molar-refractivity contribution in [3.8, 4) is 0 Å². The molecule has 2 aromatic heterocycles. The zero-order chi connectivity index (χ0) is 19.2. The van der Waals surface area contributed by atoms with Crippen LogP contribution in [-0.2, 0) is 22.7 Å². The van der Waals surface area contributed by atoms with Crippen molar-refractivity contribution < 1.29 is 32.6 Å². The Bertz CT molecular complexity index is 751. The summed E-state index contributed by atoms with van der Waals surface area (Å²) in [6.45, 7) is 1.49. The van der Waals surface area contributed by atoms with Crippen LogP contribution in [0.2, 0.25) is 0 Å². The van der Waals surface area contributed by atoms with Gasteiger partial charge in [-0.05, 0) is 12.1 Å². The minimum Gasteiger partial charge on any atom is -0.475 e. The minimum atomic E-state index is -5.08. The number of carbonyl (C=O) groups excluding carboxylic acids is 1. The van der Waals surface area contributed by atoms with Gasteiger partial charge in [0.1, 0.15) is 5.69 Å². The van der Waals surface area contributed by atoms with Gasteiger partial charge in [0.15, 0.2) is 0 Å². The van der Waals surface area contributed by atoms with Crippen molar-refractivity contribution in [3.05, 3.63) is 42.0 Å². The topological polar surface area (TPSA) is 119 Å². The molecule has 0 spiro atoms. The summed E-state index contributed by atoms with van der Waals surface area (Å²) in [6.07, 6.45) is -1.90. The fraction of sp³-hybridized carbons (Fsp3) is 0.357. The number of nitrogens with zero attached hydrogens (tertiary/aromatic N) is 4. The number of aromatic nitrogens is 4. The van der Waals surface area contributed by atoms with Crippen molar-refractivity contribution in [2.24, 2.45) is 0 Å². The molecule has 9 nitrogen and oxygen atoms in total. The number of halogens is 3. The Balaban J connectivity index is 0.000000298. The number of carboxylic acid groups (broad SMARTS) is 1. The Morgan fingerprint density at radius 2 is 2.12 bits per heavy atom. The van der Waals surface area contributed by atoms with Gasteiger partial charge in [0.25, 0.3) is 5.91 Å². The van der Waals surface area contributed by atoms with E-state index in [1.54, 1.807) is 35.3 Å². The summed E-state index contributed by atoms with van der Waals surface area (Å²) in [5.41, 5.74) is 1.35. The highest BCUT2D eigenvalue weighted by Crippen LogP contribution is 2.13. The van der Waals surface area contributed by atoms with Crippen LogP contribution < -0.4 is 5.32 Å². The Morgan fingerprint density at radius 1 is 1.38 bits per heavy atom. The van der Waals surface area contributed by atoms with Crippen LogP contribution in [-0.4, -0.2) is 55.8 Å². The van der Waals surface area contributed by atoms with Crippen molar-refractivity contribution in [2.75, 3.05) is 6.54 Å². The molecule has 2 N–H and O–H groups in total. The van der Waals surface area contributed by atoms with Gasteiger partial charge in [-0.15, -0.1) is 5.10 Å². The van der Waals surface area contributed by atoms with Crippen LogP contribution in [0.3, 0.4) is 0 Å². The molecule has 26 heavy (non-hydrogen) atoms. The Kier molecular flexibility index (Phi) is 6.22. The molecule has 1 aliphatic heterocycles. The Hall–Kier alpha value is -3.02. The third kappa shape index (κ3) is 5.51. The molecule has 0 aliphatic carbocycles. The molecule has 1 amide bonds. The van der Waals surface area contributed by atoms with E-state index in [9.17, 15) is 18.0 Å². The summed E-state index contributed by atoms with van der Waals surface area (Å²) in [5.74, 6) is -2.96. The maximum absolute atomic E-state index is 11.8. The summed E-state index contributed by atoms with van der Waals surface area (Å²) < 4.78 is 39.1. The number of pyridine rings is 1. The van der Waals surface area contributed by atoms with Crippen molar-refractivity contribution in [1.82, 2.24) is 25.3 Å². The second kappa shape index (κ2) is 8.38. The van der Waals surface area contributed by atoms with Crippen LogP contribution in [0.1, 0.15) is 16.2 Å². The molecule has 0 aromatic carbocycles. The molecule has 2 aromatic rings. The maximum atomic E-state index is 11.8. The number of carbonyl (C=O) groups is 2. The fourth-order valence-corrected chi connectivity index (χ4v) is 1.91. The summed E-state index contributed by atoms with van der Waals surface area (Å²) >= 11 is 0. The molecule has 0 saturated carbocycles. The lowest BCUT2D eigenvalue weighted by atomic mass is 10.2. The van der Waals surface area contributed by atoms with Gasteiger partial charge >= 0.3 is 12.1 Å². The molecule has 3 heterocycles. The summed E-state index contributed by atoms with van der Waals surface area (Å²) in [7, 11) is 0. The Morgan fingerprint density at radius 3 is 2.73 bits per heavy atom. The van der Waals surface area contributed by atoms with Crippen LogP contribution in [0.25, 0.3) is 0 Å². The molecular formula is C14H14F3N5O4. The first-order valence-electron chi connectivity index (χ1n) is 7.25. The van der Waals surface area contributed by atoms with Gasteiger partial charge in [-0.3, -0.25) is 9.78 Å². The third-order valence-electron chi connectivity index (χ3n) is 3.17. The first-order chi connectivity index (χ1) is 12.3. The number of amides is 1. The lowest BCUT2D eigenvalue weighted by Crippen LogP contribution is -2.39. The van der Waals surface area contributed by atoms with E-state index in [2.05, 4.69) is 20.6 Å². The molecule has 3 rings (SSSR count). The molecule has 1 unspecified atom stereocenters. The van der Waals surface area contributed by atoms with E-state index in [0.717, 1.165) is 5.69 Å². The second-order valence-corrected chi connectivity index (χ2v) is 5.07. The van der Waals surface area contributed by atoms with Crippen LogP contribution in [0.5, 0.6) is 0 Å². The van der Waals surface area contributed by atoms with Gasteiger partial charge in [-0.1, -0.05) is 11.3 Å². The zero-order valence-corrected chi connectivity index (χ0v) is 13.2. The first-order valence-corrected chi connectivity index (χ1v) is 7.25. The van der Waals surface area contributed by atoms with Crippen LogP contribution in [0.4, 0.5) is 13.2 Å². The molecule has 0 saturated heterocycles. The standard InChI is InChI=1S/C12H13N5O2.C2HF3O2/c18-12(11-3-1-2-4-13-11)14-6-10-7-17-9(8-19-10)5-15-16-17;3-2(4,5)1(6)7/h1-5,10H,6-8H2,(H,14,18);(H,6,7). The van der Waals surface area contributed by atoms with Gasteiger partial charge in [-0.2, -0.15) is 13.2 Å². The van der Waals surface area contributed by atoms with E-state index < -0.39 is 12.1 Å². The van der Waals surface area contributed by atoms with E-state index in [1.807, 2.05) is 0 Å². The number of rotatable bonds is 3. The number of alkyl halides is 3. The molecule has 1 aliphatic rings. The largest absolute Gasteiger partial charge is 0.490 e. The molecular weight excluding hydrogens is 359 g/mol. The zero-order valence-electron chi connectivity index (χ0n) is 13.2. The van der Waals surface area contributed by atoms with Gasteiger partial charge in [0, 0.05) is 12.7 Å². The van der Waals surface area contributed by atoms with Crippen molar-refractivity contribution in [1.29, 1.82) is 0 Å². The third-order valence-corrected chi connectivity index (χ3v) is 3.17. The van der Waals surface area contributed by atoms with E-state index in [4.69, 9.17) is 14.6 Å². The Labute approximate surface area is 144 Å². The highest BCUT2D eigenvalue weighted by molar-refractivity contribution is 5.92. The molecule has 0 fully saturated rings. The first kappa shape index (κ1) is 19.3. The minimum absolute atomic E-state index is 0.0955. The number of carboxylic acids is 1. The second-order valence-electron chi connectivity index (χ2n) is 5.07. The van der Waals surface area contributed by atoms with Crippen molar-refractivity contribution >= 4 is 11.9 Å². The summed E-state index contributed by atoms with van der Waals surface area (Å²) in [5, 5.41) is 17.7. The van der Waals surface area contributed by atoms with E-state index in [-0.39, 0.29) is 12.0 Å². The summed E-state index contributed by atoms with van der Waals surface area (Å²) in [4.78, 5) is 24.7. The van der Waals surface area contributed by atoms with Gasteiger partial charge in [-0.25, -0.2) is 9.48 Å². The number of hydrogen-bond acceptors (Lipinski definition) is 6. The number of nitrogens with one attached hydrogen (secondary N) is 1.